The highest BCUT2D eigenvalue weighted by Crippen LogP contribution is 2.26. The van der Waals surface area contributed by atoms with Crippen LogP contribution < -0.4 is 4.74 Å². The number of nitrogens with zero attached hydrogens (tertiary/aromatic N) is 2. The predicted molar refractivity (Wildman–Crippen MR) is 99.0 cm³/mol. The van der Waals surface area contributed by atoms with Gasteiger partial charge in [-0.3, -0.25) is 9.59 Å². The minimum absolute atomic E-state index is 0.183. The number of methoxy groups -OCH3 is 1. The predicted octanol–water partition coefficient (Wildman–Crippen LogP) is 1.42. The third kappa shape index (κ3) is 4.98. The van der Waals surface area contributed by atoms with Crippen LogP contribution in [0.2, 0.25) is 0 Å². The van der Waals surface area contributed by atoms with E-state index in [9.17, 15) is 18.0 Å². The summed E-state index contributed by atoms with van der Waals surface area (Å²) in [7, 11) is -2.12. The van der Waals surface area contributed by atoms with E-state index >= 15 is 0 Å². The van der Waals surface area contributed by atoms with Crippen molar-refractivity contribution < 1.29 is 27.9 Å². The van der Waals surface area contributed by atoms with Gasteiger partial charge >= 0.3 is 5.97 Å². The molecule has 1 N–H and O–H groups in total. The lowest BCUT2D eigenvalue weighted by molar-refractivity contribution is -0.148. The van der Waals surface area contributed by atoms with E-state index in [1.807, 2.05) is 0 Å². The second kappa shape index (κ2) is 8.71. The minimum Gasteiger partial charge on any atom is -0.497 e. The van der Waals surface area contributed by atoms with E-state index in [-0.39, 0.29) is 42.4 Å². The molecule has 1 amide bonds. The molecule has 0 radical (unpaired) electrons. The number of hydrogen-bond acceptors (Lipinski definition) is 5. The normalized spacial score (nSPS) is 16.3. The summed E-state index contributed by atoms with van der Waals surface area (Å²) in [6.07, 6.45) is 0.744. The van der Waals surface area contributed by atoms with E-state index in [0.29, 0.717) is 18.6 Å². The van der Waals surface area contributed by atoms with E-state index in [1.54, 1.807) is 26.0 Å². The molecule has 1 fully saturated rings. The second-order valence-corrected chi connectivity index (χ2v) is 8.75. The van der Waals surface area contributed by atoms with Gasteiger partial charge in [0.15, 0.2) is 0 Å². The van der Waals surface area contributed by atoms with Crippen LogP contribution in [0.4, 0.5) is 0 Å². The number of carbonyl (C=O) groups excluding carboxylic acids is 1. The zero-order valence-electron chi connectivity index (χ0n) is 15.8. The van der Waals surface area contributed by atoms with Gasteiger partial charge in [-0.25, -0.2) is 8.42 Å². The molecule has 1 aliphatic rings. The average molecular weight is 398 g/mol. The summed E-state index contributed by atoms with van der Waals surface area (Å²) in [5.74, 6) is -1.08. The number of carboxylic acid groups (broad SMARTS) is 1. The van der Waals surface area contributed by atoms with Gasteiger partial charge in [0.25, 0.3) is 0 Å². The van der Waals surface area contributed by atoms with Crippen molar-refractivity contribution >= 4 is 21.9 Å². The van der Waals surface area contributed by atoms with E-state index in [4.69, 9.17) is 9.84 Å². The van der Waals surface area contributed by atoms with Crippen LogP contribution in [0.5, 0.6) is 5.75 Å². The van der Waals surface area contributed by atoms with Crippen molar-refractivity contribution in [3.8, 4) is 5.75 Å². The molecule has 0 aromatic heterocycles. The van der Waals surface area contributed by atoms with Crippen molar-refractivity contribution in [2.45, 2.75) is 37.6 Å². The summed E-state index contributed by atoms with van der Waals surface area (Å²) >= 11 is 0. The SMILES string of the molecule is COc1ccc(S(=O)(=O)N2CCC(C(=O)N(CC(=O)O)C(C)C)CC2)cc1. The molecule has 0 bridgehead atoms. The van der Waals surface area contributed by atoms with Crippen LogP contribution >= 0.6 is 0 Å². The van der Waals surface area contributed by atoms with E-state index in [0.717, 1.165) is 0 Å². The Hall–Kier alpha value is -2.13. The molecular formula is C18H26N2O6S. The number of ether oxygens (including phenoxy) is 1. The molecule has 0 aliphatic carbocycles. The van der Waals surface area contributed by atoms with E-state index in [1.165, 1.54) is 28.4 Å². The number of sulfonamides is 1. The van der Waals surface area contributed by atoms with Gasteiger partial charge in [0.05, 0.1) is 12.0 Å². The number of aliphatic carboxylic acids is 1. The third-order valence-corrected chi connectivity index (χ3v) is 6.63. The molecule has 1 heterocycles. The standard InChI is InChI=1S/C18H26N2O6S/c1-13(2)20(12-17(21)22)18(23)14-8-10-19(11-9-14)27(24,25)16-6-4-15(26-3)5-7-16/h4-7,13-14H,8-12H2,1-3H3,(H,21,22). The molecule has 1 aromatic rings. The lowest BCUT2D eigenvalue weighted by Crippen LogP contribution is -2.47. The highest BCUT2D eigenvalue weighted by atomic mass is 32.2. The number of carbonyl (C=O) groups is 2. The summed E-state index contributed by atoms with van der Waals surface area (Å²) in [5, 5.41) is 9.00. The van der Waals surface area contributed by atoms with Crippen LogP contribution in [0.1, 0.15) is 26.7 Å². The number of hydrogen-bond donors (Lipinski definition) is 1. The molecular weight excluding hydrogens is 372 g/mol. The summed E-state index contributed by atoms with van der Waals surface area (Å²) < 4.78 is 31.9. The molecule has 1 aliphatic heterocycles. The van der Waals surface area contributed by atoms with E-state index in [2.05, 4.69) is 0 Å². The molecule has 0 spiro atoms. The number of amides is 1. The first kappa shape index (κ1) is 21.2. The Morgan fingerprint density at radius 2 is 1.78 bits per heavy atom. The fourth-order valence-electron chi connectivity index (χ4n) is 3.14. The Bertz CT molecular complexity index is 768. The summed E-state index contributed by atoms with van der Waals surface area (Å²) in [4.78, 5) is 25.2. The van der Waals surface area contributed by atoms with Crippen molar-refractivity contribution in [1.82, 2.24) is 9.21 Å². The molecule has 0 atom stereocenters. The molecule has 0 saturated carbocycles. The van der Waals surface area contributed by atoms with Crippen molar-refractivity contribution in [2.24, 2.45) is 5.92 Å². The Labute approximate surface area is 159 Å². The Kier molecular flexibility index (Phi) is 6.83. The Balaban J connectivity index is 2.04. The maximum absolute atomic E-state index is 12.8. The summed E-state index contributed by atoms with van der Waals surface area (Å²) in [6.45, 7) is 3.64. The van der Waals surface area contributed by atoms with Crippen LogP contribution in [-0.2, 0) is 19.6 Å². The minimum atomic E-state index is -3.63. The maximum Gasteiger partial charge on any atom is 0.323 e. The topological polar surface area (TPSA) is 104 Å². The molecule has 1 saturated heterocycles. The summed E-state index contributed by atoms with van der Waals surface area (Å²) in [5.41, 5.74) is 0. The van der Waals surface area contributed by atoms with Crippen LogP contribution in [0.15, 0.2) is 29.2 Å². The highest BCUT2D eigenvalue weighted by molar-refractivity contribution is 7.89. The summed E-state index contributed by atoms with van der Waals surface area (Å²) in [6, 6.07) is 5.96. The fourth-order valence-corrected chi connectivity index (χ4v) is 4.60. The third-order valence-electron chi connectivity index (χ3n) is 4.71. The molecule has 0 unspecified atom stereocenters. The van der Waals surface area contributed by atoms with Gasteiger partial charge in [0, 0.05) is 25.0 Å². The van der Waals surface area contributed by atoms with Gasteiger partial charge in [-0.2, -0.15) is 4.31 Å². The lowest BCUT2D eigenvalue weighted by atomic mass is 9.96. The molecule has 2 rings (SSSR count). The smallest absolute Gasteiger partial charge is 0.323 e. The number of carboxylic acids is 1. The lowest BCUT2D eigenvalue weighted by Gasteiger charge is -2.34. The number of piperidine rings is 1. The second-order valence-electron chi connectivity index (χ2n) is 6.81. The zero-order chi connectivity index (χ0) is 20.2. The first-order valence-corrected chi connectivity index (χ1v) is 10.3. The number of rotatable bonds is 7. The van der Waals surface area contributed by atoms with Crippen LogP contribution in [0.3, 0.4) is 0 Å². The van der Waals surface area contributed by atoms with Crippen molar-refractivity contribution in [3.05, 3.63) is 24.3 Å². The van der Waals surface area contributed by atoms with Gasteiger partial charge in [-0.1, -0.05) is 0 Å². The number of benzene rings is 1. The Morgan fingerprint density at radius 1 is 1.22 bits per heavy atom. The fraction of sp³-hybridized carbons (Fsp3) is 0.556. The zero-order valence-corrected chi connectivity index (χ0v) is 16.6. The Morgan fingerprint density at radius 3 is 2.22 bits per heavy atom. The highest BCUT2D eigenvalue weighted by Gasteiger charge is 2.34. The van der Waals surface area contributed by atoms with Gasteiger partial charge in [-0.05, 0) is 51.0 Å². The molecule has 8 nitrogen and oxygen atoms in total. The van der Waals surface area contributed by atoms with Crippen LogP contribution in [0.25, 0.3) is 0 Å². The molecule has 1 aromatic carbocycles. The molecule has 27 heavy (non-hydrogen) atoms. The molecule has 9 heteroatoms. The van der Waals surface area contributed by atoms with Crippen molar-refractivity contribution in [3.63, 3.8) is 0 Å². The van der Waals surface area contributed by atoms with Crippen LogP contribution in [-0.4, -0.2) is 67.4 Å². The van der Waals surface area contributed by atoms with Crippen LogP contribution in [0, 0.1) is 5.92 Å². The first-order valence-electron chi connectivity index (χ1n) is 8.83. The van der Waals surface area contributed by atoms with Gasteiger partial charge < -0.3 is 14.7 Å². The van der Waals surface area contributed by atoms with Gasteiger partial charge in [0.1, 0.15) is 12.3 Å². The first-order chi connectivity index (χ1) is 12.7. The van der Waals surface area contributed by atoms with Crippen molar-refractivity contribution in [2.75, 3.05) is 26.7 Å². The van der Waals surface area contributed by atoms with E-state index < -0.39 is 16.0 Å². The van der Waals surface area contributed by atoms with Crippen molar-refractivity contribution in [1.29, 1.82) is 0 Å². The monoisotopic (exact) mass is 398 g/mol. The average Bonchev–Trinajstić information content (AvgIpc) is 2.65. The quantitative estimate of drug-likeness (QED) is 0.745. The maximum atomic E-state index is 12.8. The largest absolute Gasteiger partial charge is 0.497 e. The molecule has 150 valence electrons. The van der Waals surface area contributed by atoms with Gasteiger partial charge in [0.2, 0.25) is 15.9 Å². The van der Waals surface area contributed by atoms with Gasteiger partial charge in [-0.15, -0.1) is 0 Å².